The highest BCUT2D eigenvalue weighted by Gasteiger charge is 2.59. The quantitative estimate of drug-likeness (QED) is 0.653. The van der Waals surface area contributed by atoms with Crippen molar-refractivity contribution >= 4 is 0 Å². The molecule has 82 valence electrons. The van der Waals surface area contributed by atoms with Gasteiger partial charge in [0, 0.05) is 18.4 Å². The molecule has 15 heavy (non-hydrogen) atoms. The van der Waals surface area contributed by atoms with Gasteiger partial charge in [0.2, 0.25) is 0 Å². The fourth-order valence-electron chi connectivity index (χ4n) is 4.54. The Balaban J connectivity index is 2.07. The van der Waals surface area contributed by atoms with Crippen molar-refractivity contribution in [3.05, 3.63) is 24.5 Å². The van der Waals surface area contributed by atoms with Crippen LogP contribution in [0.2, 0.25) is 0 Å². The molecule has 2 bridgehead atoms. The lowest BCUT2D eigenvalue weighted by atomic mass is 9.68. The average molecular weight is 203 g/mol. The monoisotopic (exact) mass is 203 g/mol. The molecule has 0 saturated heterocycles. The van der Waals surface area contributed by atoms with Crippen molar-refractivity contribution in [3.63, 3.8) is 0 Å². The van der Waals surface area contributed by atoms with E-state index in [-0.39, 0.29) is 0 Å². The fourth-order valence-corrected chi connectivity index (χ4v) is 4.54. The molecule has 0 radical (unpaired) electrons. The van der Waals surface area contributed by atoms with Crippen molar-refractivity contribution in [1.29, 1.82) is 0 Å². The van der Waals surface area contributed by atoms with E-state index in [0.717, 1.165) is 5.92 Å². The molecule has 1 nitrogen and oxygen atoms in total. The highest BCUT2D eigenvalue weighted by Crippen LogP contribution is 2.67. The molecular weight excluding hydrogens is 182 g/mol. The summed E-state index contributed by atoms with van der Waals surface area (Å²) in [6, 6.07) is 5.02. The molecule has 0 aliphatic heterocycles. The van der Waals surface area contributed by atoms with E-state index in [2.05, 4.69) is 49.9 Å². The first-order valence-electron chi connectivity index (χ1n) is 6.16. The van der Waals surface area contributed by atoms with Gasteiger partial charge in [-0.1, -0.05) is 20.8 Å². The van der Waals surface area contributed by atoms with Crippen molar-refractivity contribution < 1.29 is 0 Å². The van der Waals surface area contributed by atoms with E-state index in [1.807, 2.05) is 0 Å². The molecule has 2 fully saturated rings. The molecule has 0 N–H and O–H groups in total. The lowest BCUT2D eigenvalue weighted by Crippen LogP contribution is -2.36. The SMILES string of the molecule is CC12CCC(C1)C(C)(C)C2n1cccc1. The third kappa shape index (κ3) is 1.10. The second-order valence-electron chi connectivity index (χ2n) is 6.45. The summed E-state index contributed by atoms with van der Waals surface area (Å²) in [6.45, 7) is 7.42. The van der Waals surface area contributed by atoms with Crippen LogP contribution in [0.3, 0.4) is 0 Å². The van der Waals surface area contributed by atoms with Gasteiger partial charge in [0.05, 0.1) is 0 Å². The largest absolute Gasteiger partial charge is 0.350 e. The van der Waals surface area contributed by atoms with Crippen LogP contribution in [0.1, 0.15) is 46.1 Å². The van der Waals surface area contributed by atoms with Gasteiger partial charge in [0.25, 0.3) is 0 Å². The van der Waals surface area contributed by atoms with Gasteiger partial charge in [-0.25, -0.2) is 0 Å². The Kier molecular flexibility index (Phi) is 1.70. The first-order valence-corrected chi connectivity index (χ1v) is 6.16. The molecule has 0 amide bonds. The van der Waals surface area contributed by atoms with E-state index < -0.39 is 0 Å². The molecule has 1 aromatic heterocycles. The van der Waals surface area contributed by atoms with Crippen molar-refractivity contribution in [2.75, 3.05) is 0 Å². The molecule has 1 aromatic rings. The van der Waals surface area contributed by atoms with Crippen molar-refractivity contribution in [2.24, 2.45) is 16.7 Å². The molecule has 0 aromatic carbocycles. The summed E-state index contributed by atoms with van der Waals surface area (Å²) in [6.07, 6.45) is 8.80. The van der Waals surface area contributed by atoms with E-state index in [9.17, 15) is 0 Å². The molecule has 3 rings (SSSR count). The van der Waals surface area contributed by atoms with Gasteiger partial charge in [-0.15, -0.1) is 0 Å². The maximum absolute atomic E-state index is 2.49. The summed E-state index contributed by atoms with van der Waals surface area (Å²) in [5.74, 6) is 0.940. The Bertz CT molecular complexity index is 358. The Morgan fingerprint density at radius 1 is 1.13 bits per heavy atom. The molecule has 1 heteroatoms. The van der Waals surface area contributed by atoms with Crippen LogP contribution in [-0.2, 0) is 0 Å². The predicted octanol–water partition coefficient (Wildman–Crippen LogP) is 3.88. The normalized spacial score (nSPS) is 42.3. The first kappa shape index (κ1) is 9.50. The minimum atomic E-state index is 0.478. The summed E-state index contributed by atoms with van der Waals surface area (Å²) in [7, 11) is 0. The Morgan fingerprint density at radius 3 is 2.33 bits per heavy atom. The number of rotatable bonds is 1. The molecule has 2 aliphatic rings. The highest BCUT2D eigenvalue weighted by molar-refractivity contribution is 5.12. The lowest BCUT2D eigenvalue weighted by Gasteiger charge is -2.43. The molecule has 2 saturated carbocycles. The van der Waals surface area contributed by atoms with Crippen molar-refractivity contribution in [1.82, 2.24) is 4.57 Å². The van der Waals surface area contributed by atoms with Crippen LogP contribution in [0.5, 0.6) is 0 Å². The average Bonchev–Trinajstić information content (AvgIpc) is 2.76. The van der Waals surface area contributed by atoms with E-state index in [1.165, 1.54) is 19.3 Å². The summed E-state index contributed by atoms with van der Waals surface area (Å²) in [5, 5.41) is 0. The summed E-state index contributed by atoms with van der Waals surface area (Å²) in [4.78, 5) is 0. The minimum absolute atomic E-state index is 0.478. The maximum atomic E-state index is 2.49. The van der Waals surface area contributed by atoms with Gasteiger partial charge in [-0.05, 0) is 48.1 Å². The smallest absolute Gasteiger partial charge is 0.0438 e. The van der Waals surface area contributed by atoms with Gasteiger partial charge in [-0.2, -0.15) is 0 Å². The molecule has 2 aliphatic carbocycles. The van der Waals surface area contributed by atoms with E-state index in [4.69, 9.17) is 0 Å². The zero-order chi connectivity index (χ0) is 10.7. The molecular formula is C14H21N. The maximum Gasteiger partial charge on any atom is 0.0438 e. The van der Waals surface area contributed by atoms with E-state index in [0.29, 0.717) is 16.9 Å². The number of hydrogen-bond donors (Lipinski definition) is 0. The molecule has 3 unspecified atom stereocenters. The Morgan fingerprint density at radius 2 is 1.80 bits per heavy atom. The molecule has 1 heterocycles. The molecule has 0 spiro atoms. The Labute approximate surface area is 92.5 Å². The van der Waals surface area contributed by atoms with Crippen molar-refractivity contribution in [2.45, 2.75) is 46.1 Å². The highest BCUT2D eigenvalue weighted by atomic mass is 15.0. The zero-order valence-corrected chi connectivity index (χ0v) is 10.0. The van der Waals surface area contributed by atoms with Crippen molar-refractivity contribution in [3.8, 4) is 0 Å². The number of fused-ring (bicyclic) bond motifs is 2. The van der Waals surface area contributed by atoms with Gasteiger partial charge in [-0.3, -0.25) is 0 Å². The van der Waals surface area contributed by atoms with Gasteiger partial charge < -0.3 is 4.57 Å². The standard InChI is InChI=1S/C14H21N/c1-13(2)11-6-7-14(3,10-11)12(13)15-8-4-5-9-15/h4-5,8-9,11-12H,6-7,10H2,1-3H3. The van der Waals surface area contributed by atoms with Crippen LogP contribution in [0.4, 0.5) is 0 Å². The van der Waals surface area contributed by atoms with Crippen LogP contribution >= 0.6 is 0 Å². The number of hydrogen-bond acceptors (Lipinski definition) is 0. The second-order valence-corrected chi connectivity index (χ2v) is 6.45. The van der Waals surface area contributed by atoms with Gasteiger partial charge in [0.1, 0.15) is 0 Å². The summed E-state index contributed by atoms with van der Waals surface area (Å²) in [5.41, 5.74) is 1.03. The van der Waals surface area contributed by atoms with E-state index >= 15 is 0 Å². The van der Waals surface area contributed by atoms with Crippen LogP contribution in [-0.4, -0.2) is 4.57 Å². The summed E-state index contributed by atoms with van der Waals surface area (Å²) < 4.78 is 2.46. The minimum Gasteiger partial charge on any atom is -0.350 e. The molecule has 3 atom stereocenters. The third-order valence-electron chi connectivity index (χ3n) is 5.12. The number of aromatic nitrogens is 1. The fraction of sp³-hybridized carbons (Fsp3) is 0.714. The van der Waals surface area contributed by atoms with E-state index in [1.54, 1.807) is 0 Å². The first-order chi connectivity index (χ1) is 7.04. The topological polar surface area (TPSA) is 4.93 Å². The van der Waals surface area contributed by atoms with Crippen LogP contribution in [0.25, 0.3) is 0 Å². The van der Waals surface area contributed by atoms with Crippen LogP contribution in [0, 0.1) is 16.7 Å². The lowest BCUT2D eigenvalue weighted by molar-refractivity contribution is 0.0838. The summed E-state index contributed by atoms with van der Waals surface area (Å²) >= 11 is 0. The van der Waals surface area contributed by atoms with Gasteiger partial charge in [0.15, 0.2) is 0 Å². The third-order valence-corrected chi connectivity index (χ3v) is 5.12. The zero-order valence-electron chi connectivity index (χ0n) is 10.0. The van der Waals surface area contributed by atoms with Crippen LogP contribution < -0.4 is 0 Å². The predicted molar refractivity (Wildman–Crippen MR) is 62.7 cm³/mol. The Hall–Kier alpha value is -0.720. The van der Waals surface area contributed by atoms with Gasteiger partial charge >= 0.3 is 0 Å². The second kappa shape index (κ2) is 2.69. The number of nitrogens with zero attached hydrogens (tertiary/aromatic N) is 1. The van der Waals surface area contributed by atoms with Crippen LogP contribution in [0.15, 0.2) is 24.5 Å².